The molecule has 0 aromatic carbocycles. The van der Waals surface area contributed by atoms with Gasteiger partial charge in [-0.1, -0.05) is 5.16 Å². The number of rotatable bonds is 2. The number of amides is 3. The Bertz CT molecular complexity index is 595. The lowest BCUT2D eigenvalue weighted by atomic mass is 9.94. The van der Waals surface area contributed by atoms with Gasteiger partial charge in [-0.05, 0) is 33.1 Å². The van der Waals surface area contributed by atoms with E-state index in [-0.39, 0.29) is 24.0 Å². The molecule has 2 atom stereocenters. The van der Waals surface area contributed by atoms with E-state index in [9.17, 15) is 9.59 Å². The average molecular weight is 336 g/mol. The van der Waals surface area contributed by atoms with Crippen molar-refractivity contribution in [2.75, 3.05) is 19.7 Å². The Hall–Kier alpha value is -2.09. The molecule has 8 nitrogen and oxygen atoms in total. The summed E-state index contributed by atoms with van der Waals surface area (Å²) in [7, 11) is 0. The highest BCUT2D eigenvalue weighted by Gasteiger charge is 2.31. The first kappa shape index (κ1) is 16.8. The number of nitrogens with zero attached hydrogens (tertiary/aromatic N) is 2. The van der Waals surface area contributed by atoms with Crippen molar-refractivity contribution >= 4 is 11.9 Å². The summed E-state index contributed by atoms with van der Waals surface area (Å²) >= 11 is 0. The summed E-state index contributed by atoms with van der Waals surface area (Å²) in [5.41, 5.74) is 5.89. The highest BCUT2D eigenvalue weighted by molar-refractivity contribution is 5.83. The molecular weight excluding hydrogens is 312 g/mol. The molecule has 2 saturated heterocycles. The molecule has 8 heteroatoms. The van der Waals surface area contributed by atoms with E-state index in [1.165, 1.54) is 0 Å². The molecular formula is C16H24N4O4. The third-order valence-corrected chi connectivity index (χ3v) is 4.84. The van der Waals surface area contributed by atoms with Gasteiger partial charge in [0.2, 0.25) is 5.91 Å². The fraction of sp³-hybridized carbons (Fsp3) is 0.688. The number of hydrazine groups is 1. The van der Waals surface area contributed by atoms with E-state index in [0.29, 0.717) is 32.0 Å². The quantitative estimate of drug-likeness (QED) is 0.794. The van der Waals surface area contributed by atoms with Crippen LogP contribution in [0.2, 0.25) is 0 Å². The normalized spacial score (nSPS) is 24.8. The molecule has 1 aromatic heterocycles. The monoisotopic (exact) mass is 336 g/mol. The van der Waals surface area contributed by atoms with Crippen molar-refractivity contribution in [2.24, 2.45) is 5.92 Å². The minimum atomic E-state index is -0.276. The Balaban J connectivity index is 1.43. The summed E-state index contributed by atoms with van der Waals surface area (Å²) in [5.74, 6) is 0.781. The maximum atomic E-state index is 12.2. The van der Waals surface area contributed by atoms with Gasteiger partial charge in [0.1, 0.15) is 5.76 Å². The fourth-order valence-corrected chi connectivity index (χ4v) is 3.31. The van der Waals surface area contributed by atoms with Crippen LogP contribution in [-0.4, -0.2) is 47.8 Å². The first-order valence-electron chi connectivity index (χ1n) is 8.44. The van der Waals surface area contributed by atoms with Crippen LogP contribution in [0.4, 0.5) is 4.79 Å². The van der Waals surface area contributed by atoms with Crippen molar-refractivity contribution in [2.45, 2.75) is 45.1 Å². The summed E-state index contributed by atoms with van der Waals surface area (Å²) in [6.45, 7) is 5.59. The fourth-order valence-electron chi connectivity index (χ4n) is 3.31. The van der Waals surface area contributed by atoms with Crippen LogP contribution in [0.3, 0.4) is 0 Å². The molecule has 0 saturated carbocycles. The molecule has 3 rings (SSSR count). The molecule has 2 unspecified atom stereocenters. The molecule has 24 heavy (non-hydrogen) atoms. The van der Waals surface area contributed by atoms with Crippen molar-refractivity contribution < 1.29 is 18.8 Å². The minimum Gasteiger partial charge on any atom is -0.378 e. The lowest BCUT2D eigenvalue weighted by molar-refractivity contribution is -0.127. The van der Waals surface area contributed by atoms with Crippen molar-refractivity contribution in [3.05, 3.63) is 17.5 Å². The summed E-state index contributed by atoms with van der Waals surface area (Å²) in [5, 5.41) is 3.91. The predicted octanol–water partition coefficient (Wildman–Crippen LogP) is 1.33. The van der Waals surface area contributed by atoms with Gasteiger partial charge >= 0.3 is 6.03 Å². The van der Waals surface area contributed by atoms with Crippen molar-refractivity contribution in [3.8, 4) is 0 Å². The maximum absolute atomic E-state index is 12.2. The molecule has 2 N–H and O–H groups in total. The molecule has 0 radical (unpaired) electrons. The van der Waals surface area contributed by atoms with Crippen molar-refractivity contribution in [1.29, 1.82) is 0 Å². The number of likely N-dealkylation sites (tertiary alicyclic amines) is 1. The van der Waals surface area contributed by atoms with Crippen LogP contribution in [0.15, 0.2) is 10.6 Å². The first-order chi connectivity index (χ1) is 11.5. The van der Waals surface area contributed by atoms with E-state index in [1.807, 2.05) is 19.9 Å². The summed E-state index contributed by atoms with van der Waals surface area (Å²) < 4.78 is 10.7. The topological polar surface area (TPSA) is 96.7 Å². The Morgan fingerprint density at radius 1 is 1.25 bits per heavy atom. The second-order valence-corrected chi connectivity index (χ2v) is 6.52. The van der Waals surface area contributed by atoms with E-state index in [4.69, 9.17) is 9.26 Å². The van der Waals surface area contributed by atoms with E-state index < -0.39 is 0 Å². The number of hydrogen-bond donors (Lipinski definition) is 2. The van der Waals surface area contributed by atoms with Gasteiger partial charge in [-0.3, -0.25) is 10.2 Å². The maximum Gasteiger partial charge on any atom is 0.336 e. The number of urea groups is 1. The van der Waals surface area contributed by atoms with Crippen LogP contribution in [0.25, 0.3) is 0 Å². The zero-order valence-electron chi connectivity index (χ0n) is 14.1. The molecule has 0 bridgehead atoms. The van der Waals surface area contributed by atoms with Crippen LogP contribution < -0.4 is 10.9 Å². The Morgan fingerprint density at radius 3 is 2.58 bits per heavy atom. The molecule has 3 amide bonds. The van der Waals surface area contributed by atoms with E-state index in [1.54, 1.807) is 4.90 Å². The van der Waals surface area contributed by atoms with E-state index in [0.717, 1.165) is 24.3 Å². The van der Waals surface area contributed by atoms with Gasteiger partial charge in [0.25, 0.3) is 0 Å². The number of carbonyl (C=O) groups is 2. The highest BCUT2D eigenvalue weighted by Crippen LogP contribution is 2.28. The predicted molar refractivity (Wildman–Crippen MR) is 85.0 cm³/mol. The van der Waals surface area contributed by atoms with Gasteiger partial charge in [-0.2, -0.15) is 0 Å². The summed E-state index contributed by atoms with van der Waals surface area (Å²) in [4.78, 5) is 25.9. The molecule has 0 aliphatic carbocycles. The Kier molecular flexibility index (Phi) is 5.03. The standard InChI is InChI=1S/C16H24N4O4/c1-10-9-14(24-19-10)12-3-6-20(7-4-12)16(22)18-17-15(21)13-5-8-23-11(13)2/h9,11-13H,3-8H2,1-2H3,(H,17,21)(H,18,22). The van der Waals surface area contributed by atoms with Gasteiger partial charge in [0.15, 0.2) is 0 Å². The molecule has 2 aliphatic heterocycles. The van der Waals surface area contributed by atoms with Gasteiger partial charge in [-0.25, -0.2) is 10.2 Å². The molecule has 132 valence electrons. The van der Waals surface area contributed by atoms with Crippen molar-refractivity contribution in [3.63, 3.8) is 0 Å². The smallest absolute Gasteiger partial charge is 0.336 e. The Morgan fingerprint density at radius 2 is 2.00 bits per heavy atom. The van der Waals surface area contributed by atoms with E-state index in [2.05, 4.69) is 16.0 Å². The second kappa shape index (κ2) is 7.21. The number of aromatic nitrogens is 1. The second-order valence-electron chi connectivity index (χ2n) is 6.52. The van der Waals surface area contributed by atoms with Gasteiger partial charge in [-0.15, -0.1) is 0 Å². The lowest BCUT2D eigenvalue weighted by Crippen LogP contribution is -2.52. The van der Waals surface area contributed by atoms with Gasteiger partial charge in [0.05, 0.1) is 17.7 Å². The first-order valence-corrected chi connectivity index (χ1v) is 8.44. The summed E-state index contributed by atoms with van der Waals surface area (Å²) in [6.07, 6.45) is 2.22. The third kappa shape index (κ3) is 3.69. The number of hydrogen-bond acceptors (Lipinski definition) is 5. The largest absolute Gasteiger partial charge is 0.378 e. The molecule has 0 spiro atoms. The number of nitrogens with one attached hydrogen (secondary N) is 2. The van der Waals surface area contributed by atoms with Crippen LogP contribution >= 0.6 is 0 Å². The number of aryl methyl sites for hydroxylation is 1. The number of piperidine rings is 1. The number of ether oxygens (including phenoxy) is 1. The van der Waals surface area contributed by atoms with Crippen LogP contribution in [0, 0.1) is 12.8 Å². The summed E-state index contributed by atoms with van der Waals surface area (Å²) in [6, 6.07) is 1.67. The SMILES string of the molecule is Cc1cc(C2CCN(C(=O)NNC(=O)C3CCOC3C)CC2)on1. The Labute approximate surface area is 140 Å². The van der Waals surface area contributed by atoms with Crippen LogP contribution in [-0.2, 0) is 9.53 Å². The lowest BCUT2D eigenvalue weighted by Gasteiger charge is -2.31. The number of carbonyl (C=O) groups excluding carboxylic acids is 2. The minimum absolute atomic E-state index is 0.108. The van der Waals surface area contributed by atoms with Gasteiger partial charge < -0.3 is 14.2 Å². The molecule has 3 heterocycles. The highest BCUT2D eigenvalue weighted by atomic mass is 16.5. The average Bonchev–Trinajstić information content (AvgIpc) is 3.21. The molecule has 2 aliphatic rings. The van der Waals surface area contributed by atoms with Crippen LogP contribution in [0.5, 0.6) is 0 Å². The van der Waals surface area contributed by atoms with E-state index >= 15 is 0 Å². The zero-order chi connectivity index (χ0) is 17.1. The van der Waals surface area contributed by atoms with Crippen LogP contribution in [0.1, 0.15) is 43.6 Å². The van der Waals surface area contributed by atoms with Crippen molar-refractivity contribution in [1.82, 2.24) is 20.9 Å². The molecule has 2 fully saturated rings. The third-order valence-electron chi connectivity index (χ3n) is 4.84. The zero-order valence-corrected chi connectivity index (χ0v) is 14.1. The molecule has 1 aromatic rings. The van der Waals surface area contributed by atoms with Gasteiger partial charge in [0, 0.05) is 31.7 Å².